The normalized spacial score (nSPS) is 23.2. The Kier molecular flexibility index (Phi) is 3.94. The molecule has 1 saturated carbocycles. The molecule has 0 aromatic carbocycles. The molecule has 1 heterocycles. The molecule has 1 fully saturated rings. The van der Waals surface area contributed by atoms with Crippen LogP contribution in [0, 0.1) is 5.92 Å². The summed E-state index contributed by atoms with van der Waals surface area (Å²) in [6.45, 7) is 4.28. The predicted octanol–water partition coefficient (Wildman–Crippen LogP) is 3.03. The summed E-state index contributed by atoms with van der Waals surface area (Å²) in [7, 11) is 0. The second-order valence-electron chi connectivity index (χ2n) is 5.26. The summed E-state index contributed by atoms with van der Waals surface area (Å²) in [5.74, 6) is 1.06. The fourth-order valence-electron chi connectivity index (χ4n) is 2.68. The van der Waals surface area contributed by atoms with Crippen LogP contribution in [-0.2, 0) is 6.42 Å². The van der Waals surface area contributed by atoms with E-state index in [2.05, 4.69) is 16.9 Å². The Labute approximate surface area is 107 Å². The van der Waals surface area contributed by atoms with Gasteiger partial charge in [-0.2, -0.15) is 0 Å². The van der Waals surface area contributed by atoms with E-state index >= 15 is 0 Å². The Morgan fingerprint density at radius 3 is 2.83 bits per heavy atom. The largest absolute Gasteiger partial charge is 0.478 e. The molecule has 1 N–H and O–H groups in total. The number of carboxylic acid groups (broad SMARTS) is 1. The van der Waals surface area contributed by atoms with Crippen LogP contribution in [0.5, 0.6) is 0 Å². The van der Waals surface area contributed by atoms with Crippen molar-refractivity contribution in [1.29, 1.82) is 0 Å². The van der Waals surface area contributed by atoms with E-state index in [-0.39, 0.29) is 5.56 Å². The average molecular weight is 248 g/mol. The first kappa shape index (κ1) is 13.0. The Hall–Kier alpha value is -1.45. The van der Waals surface area contributed by atoms with Crippen molar-refractivity contribution in [2.75, 3.05) is 0 Å². The quantitative estimate of drug-likeness (QED) is 0.889. The van der Waals surface area contributed by atoms with Gasteiger partial charge in [0.05, 0.1) is 11.3 Å². The zero-order valence-corrected chi connectivity index (χ0v) is 11.0. The first-order valence-electron chi connectivity index (χ1n) is 6.71. The molecule has 0 radical (unpaired) electrons. The van der Waals surface area contributed by atoms with Gasteiger partial charge in [-0.1, -0.05) is 20.3 Å². The number of hydrogen-bond acceptors (Lipinski definition) is 3. The van der Waals surface area contributed by atoms with Crippen molar-refractivity contribution >= 4 is 5.97 Å². The molecular formula is C14H20N2O2. The molecule has 98 valence electrons. The molecule has 2 atom stereocenters. The highest BCUT2D eigenvalue weighted by Crippen LogP contribution is 2.36. The minimum Gasteiger partial charge on any atom is -0.478 e. The topological polar surface area (TPSA) is 63.1 Å². The average Bonchev–Trinajstić information content (AvgIpc) is 2.76. The van der Waals surface area contributed by atoms with Crippen molar-refractivity contribution in [3.63, 3.8) is 0 Å². The van der Waals surface area contributed by atoms with E-state index < -0.39 is 5.97 Å². The molecule has 0 spiro atoms. The fourth-order valence-corrected chi connectivity index (χ4v) is 2.68. The third-order valence-corrected chi connectivity index (χ3v) is 3.66. The van der Waals surface area contributed by atoms with Crippen LogP contribution in [-0.4, -0.2) is 21.0 Å². The molecule has 2 unspecified atom stereocenters. The number of aromatic carboxylic acids is 1. The maximum atomic E-state index is 11.1. The van der Waals surface area contributed by atoms with Gasteiger partial charge in [-0.05, 0) is 31.6 Å². The summed E-state index contributed by atoms with van der Waals surface area (Å²) in [6.07, 6.45) is 6.56. The highest BCUT2D eigenvalue weighted by atomic mass is 16.4. The van der Waals surface area contributed by atoms with Gasteiger partial charge in [0.1, 0.15) is 5.82 Å². The highest BCUT2D eigenvalue weighted by molar-refractivity contribution is 5.88. The predicted molar refractivity (Wildman–Crippen MR) is 68.7 cm³/mol. The van der Waals surface area contributed by atoms with Crippen molar-refractivity contribution in [3.8, 4) is 0 Å². The van der Waals surface area contributed by atoms with Crippen LogP contribution in [0.1, 0.15) is 67.3 Å². The molecule has 0 aliphatic heterocycles. The lowest BCUT2D eigenvalue weighted by Crippen LogP contribution is -2.11. The third kappa shape index (κ3) is 2.68. The van der Waals surface area contributed by atoms with E-state index in [1.54, 1.807) is 0 Å². The van der Waals surface area contributed by atoms with Crippen LogP contribution < -0.4 is 0 Å². The van der Waals surface area contributed by atoms with E-state index in [1.807, 2.05) is 6.92 Å². The molecule has 4 nitrogen and oxygen atoms in total. The lowest BCUT2D eigenvalue weighted by atomic mass is 10.0. The number of nitrogens with zero attached hydrogens (tertiary/aromatic N) is 2. The first-order valence-corrected chi connectivity index (χ1v) is 6.71. The van der Waals surface area contributed by atoms with E-state index in [1.165, 1.54) is 12.6 Å². The molecule has 0 amide bonds. The van der Waals surface area contributed by atoms with Gasteiger partial charge in [0.15, 0.2) is 0 Å². The lowest BCUT2D eigenvalue weighted by Gasteiger charge is -2.11. The molecule has 18 heavy (non-hydrogen) atoms. The molecular weight excluding hydrogens is 228 g/mol. The molecule has 1 aliphatic carbocycles. The standard InChI is InChI=1S/C14H20N2O2/c1-3-4-12-11(14(17)18)8-15-13(16-12)10-6-5-9(2)7-10/h8-10H,3-7H2,1-2H3,(H,17,18). The van der Waals surface area contributed by atoms with E-state index in [0.29, 0.717) is 18.0 Å². The highest BCUT2D eigenvalue weighted by Gasteiger charge is 2.26. The van der Waals surface area contributed by atoms with E-state index in [4.69, 9.17) is 5.11 Å². The molecule has 1 aliphatic rings. The maximum absolute atomic E-state index is 11.1. The minimum atomic E-state index is -0.926. The molecule has 0 bridgehead atoms. The summed E-state index contributed by atoms with van der Waals surface area (Å²) in [4.78, 5) is 19.9. The van der Waals surface area contributed by atoms with Crippen LogP contribution in [0.2, 0.25) is 0 Å². The summed E-state index contributed by atoms with van der Waals surface area (Å²) in [5, 5.41) is 9.11. The van der Waals surface area contributed by atoms with Crippen molar-refractivity contribution in [2.45, 2.75) is 51.9 Å². The number of rotatable bonds is 4. The van der Waals surface area contributed by atoms with Gasteiger partial charge in [-0.3, -0.25) is 0 Å². The van der Waals surface area contributed by atoms with Gasteiger partial charge in [-0.25, -0.2) is 14.8 Å². The summed E-state index contributed by atoms with van der Waals surface area (Å²) in [6, 6.07) is 0. The van der Waals surface area contributed by atoms with Crippen molar-refractivity contribution in [2.24, 2.45) is 5.92 Å². The van der Waals surface area contributed by atoms with Gasteiger partial charge in [0, 0.05) is 12.1 Å². The van der Waals surface area contributed by atoms with Crippen molar-refractivity contribution in [3.05, 3.63) is 23.3 Å². The van der Waals surface area contributed by atoms with Crippen LogP contribution in [0.15, 0.2) is 6.20 Å². The maximum Gasteiger partial charge on any atom is 0.339 e. The number of aryl methyl sites for hydroxylation is 1. The van der Waals surface area contributed by atoms with E-state index in [0.717, 1.165) is 31.0 Å². The zero-order chi connectivity index (χ0) is 13.1. The first-order chi connectivity index (χ1) is 8.61. The number of carboxylic acids is 1. The van der Waals surface area contributed by atoms with Gasteiger partial charge >= 0.3 is 5.97 Å². The van der Waals surface area contributed by atoms with Gasteiger partial charge < -0.3 is 5.11 Å². The minimum absolute atomic E-state index is 0.256. The fraction of sp³-hybridized carbons (Fsp3) is 0.643. The van der Waals surface area contributed by atoms with Gasteiger partial charge in [0.25, 0.3) is 0 Å². The second kappa shape index (κ2) is 5.46. The molecule has 0 saturated heterocycles. The molecule has 2 rings (SSSR count). The Bertz CT molecular complexity index is 445. The number of carbonyl (C=O) groups is 1. The zero-order valence-electron chi connectivity index (χ0n) is 11.0. The number of hydrogen-bond donors (Lipinski definition) is 1. The van der Waals surface area contributed by atoms with Crippen molar-refractivity contribution < 1.29 is 9.90 Å². The third-order valence-electron chi connectivity index (χ3n) is 3.66. The number of aromatic nitrogens is 2. The lowest BCUT2D eigenvalue weighted by molar-refractivity contribution is 0.0694. The Balaban J connectivity index is 2.28. The van der Waals surface area contributed by atoms with Crippen LogP contribution in [0.4, 0.5) is 0 Å². The molecule has 4 heteroatoms. The smallest absolute Gasteiger partial charge is 0.339 e. The van der Waals surface area contributed by atoms with E-state index in [9.17, 15) is 4.79 Å². The second-order valence-corrected chi connectivity index (χ2v) is 5.26. The van der Waals surface area contributed by atoms with Crippen molar-refractivity contribution in [1.82, 2.24) is 9.97 Å². The molecule has 1 aromatic heterocycles. The SMILES string of the molecule is CCCc1nc(C2CCC(C)C2)ncc1C(=O)O. The summed E-state index contributed by atoms with van der Waals surface area (Å²) >= 11 is 0. The van der Waals surface area contributed by atoms with Gasteiger partial charge in [0.2, 0.25) is 0 Å². The van der Waals surface area contributed by atoms with Crippen LogP contribution in [0.25, 0.3) is 0 Å². The summed E-state index contributed by atoms with van der Waals surface area (Å²) < 4.78 is 0. The van der Waals surface area contributed by atoms with Gasteiger partial charge in [-0.15, -0.1) is 0 Å². The van der Waals surface area contributed by atoms with Crippen LogP contribution >= 0.6 is 0 Å². The molecule has 1 aromatic rings. The Morgan fingerprint density at radius 2 is 2.28 bits per heavy atom. The summed E-state index contributed by atoms with van der Waals surface area (Å²) in [5.41, 5.74) is 0.946. The monoisotopic (exact) mass is 248 g/mol. The Morgan fingerprint density at radius 1 is 1.50 bits per heavy atom. The van der Waals surface area contributed by atoms with Crippen LogP contribution in [0.3, 0.4) is 0 Å².